The van der Waals surface area contributed by atoms with Gasteiger partial charge in [0.1, 0.15) is 11.5 Å². The Labute approximate surface area is 126 Å². The zero-order valence-corrected chi connectivity index (χ0v) is 13.1. The molecule has 0 fully saturated rings. The average Bonchev–Trinajstić information content (AvgIpc) is 2.48. The van der Waals surface area contributed by atoms with Crippen LogP contribution < -0.4 is 15.0 Å². The van der Waals surface area contributed by atoms with Crippen molar-refractivity contribution in [1.82, 2.24) is 10.3 Å². The molecule has 4 nitrogen and oxygen atoms in total. The van der Waals surface area contributed by atoms with Gasteiger partial charge >= 0.3 is 0 Å². The minimum absolute atomic E-state index is 0.251. The summed E-state index contributed by atoms with van der Waals surface area (Å²) in [7, 11) is 4.02. The summed E-state index contributed by atoms with van der Waals surface area (Å²) < 4.78 is 5.85. The SMILES string of the molecule is CCNC(C)c1ccc(Oc2cccc(N(C)C)c2)cn1. The number of nitrogens with one attached hydrogen (secondary N) is 1. The quantitative estimate of drug-likeness (QED) is 0.879. The molecule has 2 rings (SSSR count). The van der Waals surface area contributed by atoms with Gasteiger partial charge in [-0.25, -0.2) is 0 Å². The van der Waals surface area contributed by atoms with Gasteiger partial charge in [0.25, 0.3) is 0 Å². The predicted molar refractivity (Wildman–Crippen MR) is 87.2 cm³/mol. The summed E-state index contributed by atoms with van der Waals surface area (Å²) in [4.78, 5) is 6.50. The maximum Gasteiger partial charge on any atom is 0.145 e. The van der Waals surface area contributed by atoms with Gasteiger partial charge in [-0.1, -0.05) is 13.0 Å². The standard InChI is InChI=1S/C17H23N3O/c1-5-18-13(2)17-10-9-16(12-19-17)21-15-8-6-7-14(11-15)20(3)4/h6-13,18H,5H2,1-4H3. The number of ether oxygens (including phenoxy) is 1. The van der Waals surface area contributed by atoms with Crippen LogP contribution in [-0.2, 0) is 0 Å². The van der Waals surface area contributed by atoms with Gasteiger partial charge in [0.15, 0.2) is 0 Å². The fraction of sp³-hybridized carbons (Fsp3) is 0.353. The largest absolute Gasteiger partial charge is 0.456 e. The normalized spacial score (nSPS) is 12.0. The van der Waals surface area contributed by atoms with Crippen molar-refractivity contribution in [3.05, 3.63) is 48.3 Å². The Hall–Kier alpha value is -2.07. The van der Waals surface area contributed by atoms with E-state index in [2.05, 4.69) is 24.1 Å². The molecule has 0 spiro atoms. The molecule has 0 amide bonds. The summed E-state index contributed by atoms with van der Waals surface area (Å²) in [6.45, 7) is 5.12. The third-order valence-corrected chi connectivity index (χ3v) is 3.28. The fourth-order valence-corrected chi connectivity index (χ4v) is 2.08. The molecule has 0 radical (unpaired) electrons. The van der Waals surface area contributed by atoms with Gasteiger partial charge in [-0.15, -0.1) is 0 Å². The lowest BCUT2D eigenvalue weighted by atomic mass is 10.2. The molecule has 1 heterocycles. The molecule has 21 heavy (non-hydrogen) atoms. The highest BCUT2D eigenvalue weighted by Crippen LogP contribution is 2.25. The lowest BCUT2D eigenvalue weighted by molar-refractivity contribution is 0.478. The highest BCUT2D eigenvalue weighted by atomic mass is 16.5. The first-order valence-corrected chi connectivity index (χ1v) is 7.24. The van der Waals surface area contributed by atoms with Crippen LogP contribution in [0.25, 0.3) is 0 Å². The predicted octanol–water partition coefficient (Wildman–Crippen LogP) is 3.61. The third kappa shape index (κ3) is 4.20. The second-order valence-corrected chi connectivity index (χ2v) is 5.19. The van der Waals surface area contributed by atoms with Crippen LogP contribution in [0, 0.1) is 0 Å². The van der Waals surface area contributed by atoms with E-state index in [0.29, 0.717) is 0 Å². The van der Waals surface area contributed by atoms with Gasteiger partial charge in [0.05, 0.1) is 11.9 Å². The van der Waals surface area contributed by atoms with E-state index in [1.807, 2.05) is 55.4 Å². The van der Waals surface area contributed by atoms with Crippen molar-refractivity contribution in [2.45, 2.75) is 19.9 Å². The van der Waals surface area contributed by atoms with Crippen LogP contribution in [0.1, 0.15) is 25.6 Å². The summed E-state index contributed by atoms with van der Waals surface area (Å²) in [6.07, 6.45) is 1.77. The van der Waals surface area contributed by atoms with Crippen molar-refractivity contribution in [2.24, 2.45) is 0 Å². The Morgan fingerprint density at radius 2 is 2.00 bits per heavy atom. The number of hydrogen-bond donors (Lipinski definition) is 1. The van der Waals surface area contributed by atoms with Crippen LogP contribution in [0.2, 0.25) is 0 Å². The van der Waals surface area contributed by atoms with Crippen LogP contribution in [-0.4, -0.2) is 25.6 Å². The Kier molecular flexibility index (Phi) is 5.17. The summed E-state index contributed by atoms with van der Waals surface area (Å²) in [5, 5.41) is 3.34. The van der Waals surface area contributed by atoms with Crippen LogP contribution in [0.15, 0.2) is 42.6 Å². The smallest absolute Gasteiger partial charge is 0.145 e. The molecule has 1 aromatic carbocycles. The van der Waals surface area contributed by atoms with Crippen LogP contribution in [0.5, 0.6) is 11.5 Å². The molecule has 2 aromatic rings. The molecule has 0 saturated carbocycles. The van der Waals surface area contributed by atoms with Crippen molar-refractivity contribution < 1.29 is 4.74 Å². The number of pyridine rings is 1. The molecule has 0 saturated heterocycles. The van der Waals surface area contributed by atoms with Gasteiger partial charge in [-0.2, -0.15) is 0 Å². The second-order valence-electron chi connectivity index (χ2n) is 5.19. The number of nitrogens with zero attached hydrogens (tertiary/aromatic N) is 2. The molecule has 1 aromatic heterocycles. The van der Waals surface area contributed by atoms with Crippen molar-refractivity contribution >= 4 is 5.69 Å². The van der Waals surface area contributed by atoms with E-state index >= 15 is 0 Å². The van der Waals surface area contributed by atoms with E-state index in [-0.39, 0.29) is 6.04 Å². The molecule has 112 valence electrons. The number of benzene rings is 1. The third-order valence-electron chi connectivity index (χ3n) is 3.28. The molecule has 0 bridgehead atoms. The Balaban J connectivity index is 2.08. The number of aromatic nitrogens is 1. The van der Waals surface area contributed by atoms with Crippen LogP contribution >= 0.6 is 0 Å². The van der Waals surface area contributed by atoms with Crippen LogP contribution in [0.3, 0.4) is 0 Å². The first-order valence-electron chi connectivity index (χ1n) is 7.24. The van der Waals surface area contributed by atoms with Crippen molar-refractivity contribution in [2.75, 3.05) is 25.5 Å². The topological polar surface area (TPSA) is 37.4 Å². The van der Waals surface area contributed by atoms with Gasteiger partial charge in [-0.3, -0.25) is 4.98 Å². The van der Waals surface area contributed by atoms with Gasteiger partial charge < -0.3 is 15.0 Å². The van der Waals surface area contributed by atoms with Crippen molar-refractivity contribution in [1.29, 1.82) is 0 Å². The van der Waals surface area contributed by atoms with E-state index in [1.54, 1.807) is 6.20 Å². The van der Waals surface area contributed by atoms with Crippen LogP contribution in [0.4, 0.5) is 5.69 Å². The minimum Gasteiger partial charge on any atom is -0.456 e. The summed E-state index contributed by atoms with van der Waals surface area (Å²) in [5.41, 5.74) is 2.13. The van der Waals surface area contributed by atoms with E-state index in [1.165, 1.54) is 0 Å². The number of rotatable bonds is 6. The highest BCUT2D eigenvalue weighted by molar-refractivity contribution is 5.50. The summed E-state index contributed by atoms with van der Waals surface area (Å²) in [6, 6.07) is 12.2. The first-order chi connectivity index (χ1) is 10.1. The molecule has 1 unspecified atom stereocenters. The summed E-state index contributed by atoms with van der Waals surface area (Å²) >= 11 is 0. The van der Waals surface area contributed by atoms with E-state index < -0.39 is 0 Å². The molecule has 1 atom stereocenters. The van der Waals surface area contributed by atoms with E-state index in [4.69, 9.17) is 4.74 Å². The van der Waals surface area contributed by atoms with Crippen molar-refractivity contribution in [3.8, 4) is 11.5 Å². The maximum atomic E-state index is 5.85. The van der Waals surface area contributed by atoms with E-state index in [9.17, 15) is 0 Å². The molecular formula is C17H23N3O. The zero-order chi connectivity index (χ0) is 15.2. The highest BCUT2D eigenvalue weighted by Gasteiger charge is 2.06. The Bertz CT molecular complexity index is 567. The molecule has 0 aliphatic rings. The molecule has 4 heteroatoms. The Morgan fingerprint density at radius 1 is 1.19 bits per heavy atom. The molecule has 0 aliphatic heterocycles. The molecule has 0 aliphatic carbocycles. The maximum absolute atomic E-state index is 5.85. The lowest BCUT2D eigenvalue weighted by Gasteiger charge is -2.14. The lowest BCUT2D eigenvalue weighted by Crippen LogP contribution is -2.18. The number of anilines is 1. The summed E-state index contributed by atoms with van der Waals surface area (Å²) in [5.74, 6) is 1.56. The van der Waals surface area contributed by atoms with E-state index in [0.717, 1.165) is 29.4 Å². The van der Waals surface area contributed by atoms with Gasteiger partial charge in [-0.05, 0) is 37.7 Å². The average molecular weight is 285 g/mol. The van der Waals surface area contributed by atoms with Gasteiger partial charge in [0.2, 0.25) is 0 Å². The number of hydrogen-bond acceptors (Lipinski definition) is 4. The molecule has 1 N–H and O–H groups in total. The minimum atomic E-state index is 0.251. The molecular weight excluding hydrogens is 262 g/mol. The van der Waals surface area contributed by atoms with Gasteiger partial charge in [0, 0.05) is 31.9 Å². The Morgan fingerprint density at radius 3 is 2.62 bits per heavy atom. The first kappa shape index (κ1) is 15.3. The monoisotopic (exact) mass is 285 g/mol. The fourth-order valence-electron chi connectivity index (χ4n) is 2.08. The van der Waals surface area contributed by atoms with Crippen molar-refractivity contribution in [3.63, 3.8) is 0 Å². The zero-order valence-electron chi connectivity index (χ0n) is 13.1. The second kappa shape index (κ2) is 7.09.